The van der Waals surface area contributed by atoms with Crippen LogP contribution < -0.4 is 20.1 Å². The summed E-state index contributed by atoms with van der Waals surface area (Å²) in [6.07, 6.45) is 2.30. The van der Waals surface area contributed by atoms with Gasteiger partial charge in [-0.15, -0.1) is 0 Å². The number of methoxy groups -OCH3 is 2. The number of morpholine rings is 1. The number of guanidine groups is 1. The first-order valence-corrected chi connectivity index (χ1v) is 9.80. The maximum absolute atomic E-state index is 5.45. The van der Waals surface area contributed by atoms with Crippen molar-refractivity contribution in [3.05, 3.63) is 23.8 Å². The van der Waals surface area contributed by atoms with Crippen molar-refractivity contribution in [2.24, 2.45) is 4.99 Å². The van der Waals surface area contributed by atoms with Gasteiger partial charge in [0.05, 0.1) is 34.0 Å². The molecule has 1 aliphatic heterocycles. The zero-order valence-corrected chi connectivity index (χ0v) is 16.9. The second kappa shape index (κ2) is 12.4. The van der Waals surface area contributed by atoms with Crippen LogP contribution in [0.1, 0.15) is 25.3 Å². The molecule has 152 valence electrons. The van der Waals surface area contributed by atoms with E-state index in [2.05, 4.69) is 27.4 Å². The smallest absolute Gasteiger partial charge is 0.191 e. The van der Waals surface area contributed by atoms with Crippen LogP contribution in [0.25, 0.3) is 0 Å². The second-order valence-corrected chi connectivity index (χ2v) is 6.46. The second-order valence-electron chi connectivity index (χ2n) is 6.46. The Balaban J connectivity index is 1.77. The van der Waals surface area contributed by atoms with Gasteiger partial charge in [0.15, 0.2) is 5.96 Å². The van der Waals surface area contributed by atoms with Gasteiger partial charge in [-0.1, -0.05) is 0 Å². The number of hydrogen-bond donors (Lipinski definition) is 2. The molecule has 0 unspecified atom stereocenters. The van der Waals surface area contributed by atoms with Crippen LogP contribution in [0.3, 0.4) is 0 Å². The van der Waals surface area contributed by atoms with E-state index in [0.29, 0.717) is 6.54 Å². The molecular formula is C20H34N4O3. The average molecular weight is 379 g/mol. The molecule has 1 aromatic rings. The Labute approximate surface area is 163 Å². The maximum atomic E-state index is 5.45. The molecule has 2 rings (SSSR count). The van der Waals surface area contributed by atoms with Crippen LogP contribution in [0.5, 0.6) is 11.5 Å². The largest absolute Gasteiger partial charge is 0.497 e. The van der Waals surface area contributed by atoms with Crippen LogP contribution in [0.15, 0.2) is 23.2 Å². The summed E-state index contributed by atoms with van der Waals surface area (Å²) in [4.78, 5) is 7.15. The molecule has 2 N–H and O–H groups in total. The Morgan fingerprint density at radius 3 is 2.67 bits per heavy atom. The predicted octanol–water partition coefficient (Wildman–Crippen LogP) is 1.87. The van der Waals surface area contributed by atoms with E-state index in [-0.39, 0.29) is 0 Å². The molecule has 1 aliphatic rings. The molecule has 0 aliphatic carbocycles. The van der Waals surface area contributed by atoms with Gasteiger partial charge in [0.2, 0.25) is 0 Å². The maximum Gasteiger partial charge on any atom is 0.191 e. The van der Waals surface area contributed by atoms with Crippen LogP contribution in [0.2, 0.25) is 0 Å². The molecule has 0 bridgehead atoms. The first-order valence-electron chi connectivity index (χ1n) is 9.80. The molecule has 0 saturated carbocycles. The first-order chi connectivity index (χ1) is 13.3. The van der Waals surface area contributed by atoms with Crippen LogP contribution >= 0.6 is 0 Å². The molecule has 0 spiro atoms. The summed E-state index contributed by atoms with van der Waals surface area (Å²) in [5.74, 6) is 2.41. The molecule has 1 aromatic carbocycles. The third-order valence-electron chi connectivity index (χ3n) is 4.54. The van der Waals surface area contributed by atoms with Gasteiger partial charge in [0.25, 0.3) is 0 Å². The summed E-state index contributed by atoms with van der Waals surface area (Å²) in [6, 6.07) is 5.81. The Morgan fingerprint density at radius 1 is 1.15 bits per heavy atom. The first kappa shape index (κ1) is 21.3. The van der Waals surface area contributed by atoms with E-state index >= 15 is 0 Å². The fourth-order valence-electron chi connectivity index (χ4n) is 2.98. The molecule has 0 radical (unpaired) electrons. The molecular weight excluding hydrogens is 344 g/mol. The number of unbranched alkanes of at least 4 members (excludes halogenated alkanes) is 1. The Morgan fingerprint density at radius 2 is 1.96 bits per heavy atom. The van der Waals surface area contributed by atoms with Crippen molar-refractivity contribution < 1.29 is 14.2 Å². The highest BCUT2D eigenvalue weighted by Crippen LogP contribution is 2.25. The number of ether oxygens (including phenoxy) is 3. The molecule has 27 heavy (non-hydrogen) atoms. The van der Waals surface area contributed by atoms with Crippen molar-refractivity contribution in [3.8, 4) is 11.5 Å². The summed E-state index contributed by atoms with van der Waals surface area (Å²) in [6.45, 7) is 9.36. The Kier molecular flexibility index (Phi) is 9.79. The van der Waals surface area contributed by atoms with Crippen LogP contribution in [-0.2, 0) is 11.3 Å². The third-order valence-corrected chi connectivity index (χ3v) is 4.54. The number of nitrogens with one attached hydrogen (secondary N) is 2. The van der Waals surface area contributed by atoms with E-state index in [1.54, 1.807) is 14.2 Å². The minimum Gasteiger partial charge on any atom is -0.497 e. The lowest BCUT2D eigenvalue weighted by Gasteiger charge is -2.26. The number of benzene rings is 1. The normalized spacial score (nSPS) is 15.4. The van der Waals surface area contributed by atoms with Crippen molar-refractivity contribution in [3.63, 3.8) is 0 Å². The van der Waals surface area contributed by atoms with Crippen molar-refractivity contribution >= 4 is 5.96 Å². The molecule has 1 fully saturated rings. The van der Waals surface area contributed by atoms with Crippen LogP contribution in [0, 0.1) is 0 Å². The molecule has 7 nitrogen and oxygen atoms in total. The van der Waals surface area contributed by atoms with Gasteiger partial charge in [-0.05, 0) is 38.4 Å². The highest BCUT2D eigenvalue weighted by molar-refractivity contribution is 5.79. The predicted molar refractivity (Wildman–Crippen MR) is 109 cm³/mol. The Hall–Kier alpha value is -1.99. The van der Waals surface area contributed by atoms with E-state index in [1.807, 2.05) is 18.2 Å². The van der Waals surface area contributed by atoms with Gasteiger partial charge < -0.3 is 24.8 Å². The minimum absolute atomic E-state index is 0.552. The van der Waals surface area contributed by atoms with Gasteiger partial charge in [-0.2, -0.15) is 0 Å². The highest BCUT2D eigenvalue weighted by Gasteiger charge is 2.09. The van der Waals surface area contributed by atoms with Crippen molar-refractivity contribution in [2.45, 2.75) is 26.3 Å². The zero-order valence-electron chi connectivity index (χ0n) is 16.9. The van der Waals surface area contributed by atoms with Gasteiger partial charge >= 0.3 is 0 Å². The SMILES string of the molecule is CCNC(=NCc1ccc(OC)cc1OC)NCCCCN1CCOCC1. The van der Waals surface area contributed by atoms with E-state index in [0.717, 1.165) is 75.4 Å². The van der Waals surface area contributed by atoms with Crippen LogP contribution in [0.4, 0.5) is 0 Å². The van der Waals surface area contributed by atoms with E-state index in [4.69, 9.17) is 14.2 Å². The summed E-state index contributed by atoms with van der Waals surface area (Å²) in [5, 5.41) is 6.72. The fourth-order valence-corrected chi connectivity index (χ4v) is 2.98. The van der Waals surface area contributed by atoms with Gasteiger partial charge in [0.1, 0.15) is 11.5 Å². The molecule has 1 heterocycles. The molecule has 0 amide bonds. The monoisotopic (exact) mass is 378 g/mol. The number of rotatable bonds is 10. The minimum atomic E-state index is 0.552. The number of aliphatic imine (C=N–C) groups is 1. The van der Waals surface area contributed by atoms with Crippen molar-refractivity contribution in [1.82, 2.24) is 15.5 Å². The van der Waals surface area contributed by atoms with Crippen molar-refractivity contribution in [2.75, 3.05) is 60.2 Å². The quantitative estimate of drug-likeness (QED) is 0.368. The highest BCUT2D eigenvalue weighted by atomic mass is 16.5. The summed E-state index contributed by atoms with van der Waals surface area (Å²) in [7, 11) is 3.32. The van der Waals surface area contributed by atoms with Crippen LogP contribution in [-0.4, -0.2) is 71.0 Å². The number of hydrogen-bond acceptors (Lipinski definition) is 5. The zero-order chi connectivity index (χ0) is 19.3. The summed E-state index contributed by atoms with van der Waals surface area (Å²) in [5.41, 5.74) is 1.03. The van der Waals surface area contributed by atoms with Gasteiger partial charge in [0, 0.05) is 37.8 Å². The lowest BCUT2D eigenvalue weighted by atomic mass is 10.2. The van der Waals surface area contributed by atoms with E-state index in [9.17, 15) is 0 Å². The Bertz CT molecular complexity index is 574. The molecule has 7 heteroatoms. The standard InChI is InChI=1S/C20H34N4O3/c1-4-21-20(22-9-5-6-10-24-11-13-27-14-12-24)23-16-17-7-8-18(25-2)15-19(17)26-3/h7-8,15H,4-6,9-14,16H2,1-3H3,(H2,21,22,23). The van der Waals surface area contributed by atoms with E-state index < -0.39 is 0 Å². The summed E-state index contributed by atoms with van der Waals surface area (Å²) < 4.78 is 16.1. The lowest BCUT2D eigenvalue weighted by molar-refractivity contribution is 0.0372. The lowest BCUT2D eigenvalue weighted by Crippen LogP contribution is -2.39. The van der Waals surface area contributed by atoms with Gasteiger partial charge in [-0.25, -0.2) is 4.99 Å². The fraction of sp³-hybridized carbons (Fsp3) is 0.650. The third kappa shape index (κ3) is 7.64. The van der Waals surface area contributed by atoms with Gasteiger partial charge in [-0.3, -0.25) is 4.90 Å². The summed E-state index contributed by atoms with van der Waals surface area (Å²) >= 11 is 0. The molecule has 1 saturated heterocycles. The topological polar surface area (TPSA) is 67.4 Å². The van der Waals surface area contributed by atoms with Crippen molar-refractivity contribution in [1.29, 1.82) is 0 Å². The number of nitrogens with zero attached hydrogens (tertiary/aromatic N) is 2. The average Bonchev–Trinajstić information content (AvgIpc) is 2.72. The molecule has 0 aromatic heterocycles. The molecule has 0 atom stereocenters. The van der Waals surface area contributed by atoms with E-state index in [1.165, 1.54) is 6.42 Å².